The minimum atomic E-state index is -0.382. The van der Waals surface area contributed by atoms with Gasteiger partial charge in [-0.05, 0) is 37.3 Å². The highest BCUT2D eigenvalue weighted by Crippen LogP contribution is 2.22. The molecule has 5 heteroatoms. The van der Waals surface area contributed by atoms with E-state index in [9.17, 15) is 4.79 Å². The van der Waals surface area contributed by atoms with Gasteiger partial charge in [0.05, 0.1) is 5.56 Å². The third-order valence-corrected chi connectivity index (χ3v) is 3.85. The van der Waals surface area contributed by atoms with Crippen molar-refractivity contribution in [3.63, 3.8) is 0 Å². The number of aryl methyl sites for hydroxylation is 1. The topological polar surface area (TPSA) is 55.6 Å². The van der Waals surface area contributed by atoms with E-state index >= 15 is 0 Å². The molecule has 0 unspecified atom stereocenters. The van der Waals surface area contributed by atoms with E-state index in [1.807, 2.05) is 68.4 Å². The molecule has 1 heterocycles. The van der Waals surface area contributed by atoms with Crippen molar-refractivity contribution in [1.82, 2.24) is 4.98 Å². The van der Waals surface area contributed by atoms with Crippen LogP contribution >= 0.6 is 0 Å². The van der Waals surface area contributed by atoms with E-state index in [-0.39, 0.29) is 12.6 Å². The highest BCUT2D eigenvalue weighted by Gasteiger charge is 2.14. The van der Waals surface area contributed by atoms with Crippen LogP contribution in [0, 0.1) is 6.92 Å². The Kier molecular flexibility index (Phi) is 4.84. The van der Waals surface area contributed by atoms with Gasteiger partial charge in [-0.3, -0.25) is 0 Å². The van der Waals surface area contributed by atoms with Crippen molar-refractivity contribution in [3.05, 3.63) is 71.6 Å². The Morgan fingerprint density at radius 2 is 1.88 bits per heavy atom. The standard InChI is InChI=1S/C20H20N2O3/c1-14-18(21-19(25-14)15-8-5-4-6-9-15)13-24-20(23)16-10-7-11-17(12-16)22(2)3/h4-12H,13H2,1-3H3. The maximum Gasteiger partial charge on any atom is 0.338 e. The molecule has 0 spiro atoms. The quantitative estimate of drug-likeness (QED) is 0.657. The Bertz CT molecular complexity index is 870. The minimum Gasteiger partial charge on any atom is -0.455 e. The Balaban J connectivity index is 1.70. The predicted molar refractivity (Wildman–Crippen MR) is 96.6 cm³/mol. The predicted octanol–water partition coefficient (Wildman–Crippen LogP) is 4.07. The lowest BCUT2D eigenvalue weighted by Gasteiger charge is -2.13. The molecule has 0 radical (unpaired) electrons. The van der Waals surface area contributed by atoms with Crippen LogP contribution in [0.3, 0.4) is 0 Å². The molecular weight excluding hydrogens is 316 g/mol. The molecule has 0 bridgehead atoms. The SMILES string of the molecule is Cc1oc(-c2ccccc2)nc1COC(=O)c1cccc(N(C)C)c1. The molecule has 0 saturated heterocycles. The number of nitrogens with zero attached hydrogens (tertiary/aromatic N) is 2. The van der Waals surface area contributed by atoms with Gasteiger partial charge in [0.1, 0.15) is 18.1 Å². The molecule has 0 aliphatic heterocycles. The molecule has 0 aliphatic carbocycles. The van der Waals surface area contributed by atoms with Gasteiger partial charge in [0, 0.05) is 25.3 Å². The van der Waals surface area contributed by atoms with Crippen LogP contribution in [0.25, 0.3) is 11.5 Å². The monoisotopic (exact) mass is 336 g/mol. The Labute approximate surface area is 146 Å². The van der Waals surface area contributed by atoms with Crippen LogP contribution in [-0.4, -0.2) is 25.0 Å². The van der Waals surface area contributed by atoms with Crippen molar-refractivity contribution in [2.45, 2.75) is 13.5 Å². The van der Waals surface area contributed by atoms with E-state index in [2.05, 4.69) is 4.98 Å². The zero-order valence-corrected chi connectivity index (χ0v) is 14.5. The number of aromatic nitrogens is 1. The van der Waals surface area contributed by atoms with Crippen molar-refractivity contribution in [2.75, 3.05) is 19.0 Å². The first-order valence-electron chi connectivity index (χ1n) is 8.01. The van der Waals surface area contributed by atoms with Gasteiger partial charge < -0.3 is 14.1 Å². The van der Waals surface area contributed by atoms with Crippen molar-refractivity contribution in [2.24, 2.45) is 0 Å². The lowest BCUT2D eigenvalue weighted by Crippen LogP contribution is -2.11. The Morgan fingerprint density at radius 1 is 1.12 bits per heavy atom. The molecule has 0 aliphatic rings. The van der Waals surface area contributed by atoms with Gasteiger partial charge in [-0.15, -0.1) is 0 Å². The molecule has 5 nitrogen and oxygen atoms in total. The summed E-state index contributed by atoms with van der Waals surface area (Å²) in [5, 5.41) is 0. The molecule has 0 saturated carbocycles. The number of oxazole rings is 1. The number of esters is 1. The Morgan fingerprint density at radius 3 is 2.60 bits per heavy atom. The minimum absolute atomic E-state index is 0.0766. The average Bonchev–Trinajstić information content (AvgIpc) is 3.01. The van der Waals surface area contributed by atoms with Crippen molar-refractivity contribution in [3.8, 4) is 11.5 Å². The third kappa shape index (κ3) is 3.88. The van der Waals surface area contributed by atoms with Gasteiger partial charge in [-0.2, -0.15) is 0 Å². The van der Waals surface area contributed by atoms with E-state index in [0.717, 1.165) is 11.3 Å². The van der Waals surface area contributed by atoms with Crippen LogP contribution in [0.2, 0.25) is 0 Å². The fraction of sp³-hybridized carbons (Fsp3) is 0.200. The summed E-state index contributed by atoms with van der Waals surface area (Å²) in [4.78, 5) is 18.7. The Hall–Kier alpha value is -3.08. The van der Waals surface area contributed by atoms with Crippen LogP contribution in [0.1, 0.15) is 21.8 Å². The number of rotatable bonds is 5. The summed E-state index contributed by atoms with van der Waals surface area (Å²) in [6.45, 7) is 1.89. The van der Waals surface area contributed by atoms with E-state index < -0.39 is 0 Å². The summed E-state index contributed by atoms with van der Waals surface area (Å²) >= 11 is 0. The van der Waals surface area contributed by atoms with Crippen LogP contribution in [0.15, 0.2) is 59.0 Å². The lowest BCUT2D eigenvalue weighted by molar-refractivity contribution is 0.0467. The van der Waals surface area contributed by atoms with Gasteiger partial charge in [0.25, 0.3) is 0 Å². The number of ether oxygens (including phenoxy) is 1. The molecule has 0 atom stereocenters. The zero-order valence-electron chi connectivity index (χ0n) is 14.5. The molecule has 3 aromatic rings. The van der Waals surface area contributed by atoms with Gasteiger partial charge in [-0.1, -0.05) is 24.3 Å². The van der Waals surface area contributed by atoms with Gasteiger partial charge in [0.2, 0.25) is 5.89 Å². The molecule has 0 amide bonds. The van der Waals surface area contributed by atoms with Gasteiger partial charge in [0.15, 0.2) is 0 Å². The largest absolute Gasteiger partial charge is 0.455 e. The van der Waals surface area contributed by atoms with Gasteiger partial charge in [-0.25, -0.2) is 9.78 Å². The molecule has 1 aromatic heterocycles. The summed E-state index contributed by atoms with van der Waals surface area (Å²) in [5.74, 6) is 0.791. The maximum absolute atomic E-state index is 12.3. The molecule has 2 aromatic carbocycles. The smallest absolute Gasteiger partial charge is 0.338 e. The first-order chi connectivity index (χ1) is 12.0. The summed E-state index contributed by atoms with van der Waals surface area (Å²) in [5.41, 5.74) is 2.96. The number of hydrogen-bond acceptors (Lipinski definition) is 5. The van der Waals surface area contributed by atoms with Crippen LogP contribution in [0.4, 0.5) is 5.69 Å². The summed E-state index contributed by atoms with van der Waals surface area (Å²) < 4.78 is 11.1. The van der Waals surface area contributed by atoms with E-state index in [1.54, 1.807) is 12.1 Å². The van der Waals surface area contributed by atoms with E-state index in [0.29, 0.717) is 22.9 Å². The molecule has 0 fully saturated rings. The molecule has 3 rings (SSSR count). The first kappa shape index (κ1) is 16.8. The van der Waals surface area contributed by atoms with Crippen LogP contribution < -0.4 is 4.90 Å². The second-order valence-electron chi connectivity index (χ2n) is 5.91. The summed E-state index contributed by atoms with van der Waals surface area (Å²) in [7, 11) is 3.85. The van der Waals surface area contributed by atoms with Crippen LogP contribution in [-0.2, 0) is 11.3 Å². The van der Waals surface area contributed by atoms with Crippen molar-refractivity contribution >= 4 is 11.7 Å². The summed E-state index contributed by atoms with van der Waals surface area (Å²) in [6.07, 6.45) is 0. The molecule has 25 heavy (non-hydrogen) atoms. The maximum atomic E-state index is 12.3. The summed E-state index contributed by atoms with van der Waals surface area (Å²) in [6, 6.07) is 16.9. The van der Waals surface area contributed by atoms with Crippen molar-refractivity contribution in [1.29, 1.82) is 0 Å². The number of carbonyl (C=O) groups excluding carboxylic acids is 1. The number of benzene rings is 2. The normalized spacial score (nSPS) is 10.5. The van der Waals surface area contributed by atoms with E-state index in [4.69, 9.17) is 9.15 Å². The number of carbonyl (C=O) groups is 1. The first-order valence-corrected chi connectivity index (χ1v) is 8.01. The second-order valence-corrected chi connectivity index (χ2v) is 5.91. The zero-order chi connectivity index (χ0) is 17.8. The number of hydrogen-bond donors (Lipinski definition) is 0. The van der Waals surface area contributed by atoms with Gasteiger partial charge >= 0.3 is 5.97 Å². The van der Waals surface area contributed by atoms with Crippen molar-refractivity contribution < 1.29 is 13.9 Å². The molecule has 128 valence electrons. The fourth-order valence-electron chi connectivity index (χ4n) is 2.39. The molecule has 0 N–H and O–H groups in total. The van der Waals surface area contributed by atoms with E-state index in [1.165, 1.54) is 0 Å². The highest BCUT2D eigenvalue weighted by molar-refractivity contribution is 5.90. The van der Waals surface area contributed by atoms with Crippen LogP contribution in [0.5, 0.6) is 0 Å². The second kappa shape index (κ2) is 7.21. The lowest BCUT2D eigenvalue weighted by atomic mass is 10.2. The third-order valence-electron chi connectivity index (χ3n) is 3.85. The average molecular weight is 336 g/mol. The molecular formula is C20H20N2O3. The fourth-order valence-corrected chi connectivity index (χ4v) is 2.39. The number of anilines is 1. The highest BCUT2D eigenvalue weighted by atomic mass is 16.5.